The van der Waals surface area contributed by atoms with Crippen LogP contribution in [0.25, 0.3) is 87.6 Å². The second kappa shape index (κ2) is 8.76. The van der Waals surface area contributed by atoms with Gasteiger partial charge in [-0.15, -0.1) is 0 Å². The number of nitrogens with zero attached hydrogens (tertiary/aromatic N) is 4. The van der Waals surface area contributed by atoms with Crippen molar-refractivity contribution < 1.29 is 0 Å². The Balaban J connectivity index is 1.27. The van der Waals surface area contributed by atoms with E-state index in [2.05, 4.69) is 137 Å². The van der Waals surface area contributed by atoms with Gasteiger partial charge in [0.1, 0.15) is 5.82 Å². The molecule has 4 heteroatoms. The molecular weight excluding hydrogens is 536 g/mol. The molecule has 0 aliphatic carbocycles. The van der Waals surface area contributed by atoms with Crippen molar-refractivity contribution in [1.29, 1.82) is 0 Å². The topological polar surface area (TPSA) is 35.6 Å². The van der Waals surface area contributed by atoms with E-state index in [0.717, 1.165) is 33.4 Å². The van der Waals surface area contributed by atoms with Crippen LogP contribution in [0.3, 0.4) is 0 Å². The molecule has 0 aliphatic rings. The molecule has 0 fully saturated rings. The summed E-state index contributed by atoms with van der Waals surface area (Å²) in [5, 5.41) is 11.0. The first-order chi connectivity index (χ1) is 21.9. The van der Waals surface area contributed by atoms with Crippen LogP contribution in [0, 0.1) is 0 Å². The second-order valence-corrected chi connectivity index (χ2v) is 11.4. The Bertz CT molecular complexity index is 2770. The third kappa shape index (κ3) is 3.06. The number of para-hydroxylation sites is 2. The Kier molecular flexibility index (Phi) is 4.69. The van der Waals surface area contributed by atoms with Crippen molar-refractivity contribution in [3.8, 4) is 11.5 Å². The largest absolute Gasteiger partial charge is 0.308 e. The van der Waals surface area contributed by atoms with Gasteiger partial charge < -0.3 is 4.57 Å². The molecule has 204 valence electrons. The summed E-state index contributed by atoms with van der Waals surface area (Å²) in [5.41, 5.74) is 6.67. The molecule has 4 heterocycles. The maximum absolute atomic E-state index is 5.16. The van der Waals surface area contributed by atoms with Gasteiger partial charge in [0.25, 0.3) is 0 Å². The van der Waals surface area contributed by atoms with Gasteiger partial charge in [-0.2, -0.15) is 0 Å². The number of rotatable bonds is 2. The zero-order chi connectivity index (χ0) is 28.8. The summed E-state index contributed by atoms with van der Waals surface area (Å²) >= 11 is 0. The fraction of sp³-hybridized carbons (Fsp3) is 0. The van der Waals surface area contributed by atoms with Gasteiger partial charge in [0.05, 0.1) is 39.5 Å². The maximum atomic E-state index is 5.16. The van der Waals surface area contributed by atoms with Crippen molar-refractivity contribution in [2.75, 3.05) is 0 Å². The molecule has 4 aromatic heterocycles. The van der Waals surface area contributed by atoms with Crippen LogP contribution < -0.4 is 0 Å². The third-order valence-corrected chi connectivity index (χ3v) is 9.17. The van der Waals surface area contributed by atoms with E-state index in [9.17, 15) is 0 Å². The van der Waals surface area contributed by atoms with E-state index in [1.165, 1.54) is 54.1 Å². The molecule has 10 rings (SSSR count). The standard InChI is InChI=1S/C40H24N4/c1-2-11-27-25(10-1)19-21-35-37(27)30-14-5-7-17-33(30)43(35)26-20-22-36(42-24-26)44-34-18-8-6-15-31(34)38-28-12-3-4-13-29(28)39-32(40(38)44)16-9-23-41-39/h1-24H. The quantitative estimate of drug-likeness (QED) is 0.197. The van der Waals surface area contributed by atoms with Crippen molar-refractivity contribution in [2.24, 2.45) is 0 Å². The Morgan fingerprint density at radius 3 is 1.86 bits per heavy atom. The molecule has 0 radical (unpaired) electrons. The van der Waals surface area contributed by atoms with E-state index >= 15 is 0 Å². The van der Waals surface area contributed by atoms with E-state index in [1.807, 2.05) is 18.5 Å². The average Bonchev–Trinajstić information content (AvgIpc) is 3.63. The van der Waals surface area contributed by atoms with Crippen LogP contribution in [0.5, 0.6) is 0 Å². The molecule has 4 nitrogen and oxygen atoms in total. The molecule has 0 amide bonds. The molecule has 0 unspecified atom stereocenters. The number of pyridine rings is 2. The molecular formula is C40H24N4. The minimum absolute atomic E-state index is 0.881. The maximum Gasteiger partial charge on any atom is 0.137 e. The van der Waals surface area contributed by atoms with Crippen molar-refractivity contribution >= 4 is 76.1 Å². The first kappa shape index (κ1) is 23.6. The molecule has 44 heavy (non-hydrogen) atoms. The fourth-order valence-electron chi connectivity index (χ4n) is 7.38. The second-order valence-electron chi connectivity index (χ2n) is 11.4. The van der Waals surface area contributed by atoms with Crippen LogP contribution in [-0.4, -0.2) is 19.1 Å². The van der Waals surface area contributed by atoms with Crippen LogP contribution in [0.1, 0.15) is 0 Å². The van der Waals surface area contributed by atoms with Crippen molar-refractivity contribution in [2.45, 2.75) is 0 Å². The zero-order valence-corrected chi connectivity index (χ0v) is 23.6. The lowest BCUT2D eigenvalue weighted by Gasteiger charge is -2.12. The Labute approximate surface area is 252 Å². The molecule has 0 atom stereocenters. The molecule has 0 saturated carbocycles. The van der Waals surface area contributed by atoms with E-state index in [-0.39, 0.29) is 0 Å². The average molecular weight is 561 g/mol. The summed E-state index contributed by atoms with van der Waals surface area (Å²) in [4.78, 5) is 10.0. The summed E-state index contributed by atoms with van der Waals surface area (Å²) in [6, 6.07) is 47.6. The number of fused-ring (bicyclic) bond motifs is 13. The first-order valence-corrected chi connectivity index (χ1v) is 14.9. The molecule has 10 aromatic rings. The minimum Gasteiger partial charge on any atom is -0.308 e. The number of hydrogen-bond acceptors (Lipinski definition) is 2. The molecule has 0 bridgehead atoms. The van der Waals surface area contributed by atoms with Crippen molar-refractivity contribution in [1.82, 2.24) is 19.1 Å². The van der Waals surface area contributed by atoms with Crippen molar-refractivity contribution in [3.63, 3.8) is 0 Å². The zero-order valence-electron chi connectivity index (χ0n) is 23.6. The molecule has 0 N–H and O–H groups in total. The van der Waals surface area contributed by atoms with E-state index in [1.54, 1.807) is 0 Å². The Hall–Kier alpha value is -6.00. The van der Waals surface area contributed by atoms with Crippen LogP contribution in [-0.2, 0) is 0 Å². The first-order valence-electron chi connectivity index (χ1n) is 14.9. The van der Waals surface area contributed by atoms with Gasteiger partial charge in [-0.25, -0.2) is 4.98 Å². The van der Waals surface area contributed by atoms with Gasteiger partial charge in [0.2, 0.25) is 0 Å². The summed E-state index contributed by atoms with van der Waals surface area (Å²) in [6.07, 6.45) is 3.90. The van der Waals surface area contributed by atoms with Gasteiger partial charge in [-0.1, -0.05) is 91.0 Å². The molecule has 0 saturated heterocycles. The van der Waals surface area contributed by atoms with Gasteiger partial charge in [-0.3, -0.25) is 9.55 Å². The predicted molar refractivity (Wildman–Crippen MR) is 183 cm³/mol. The van der Waals surface area contributed by atoms with E-state index in [0.29, 0.717) is 0 Å². The predicted octanol–water partition coefficient (Wildman–Crippen LogP) is 10.1. The lowest BCUT2D eigenvalue weighted by molar-refractivity contribution is 1.06. The highest BCUT2D eigenvalue weighted by atomic mass is 15.1. The smallest absolute Gasteiger partial charge is 0.137 e. The van der Waals surface area contributed by atoms with Crippen molar-refractivity contribution in [3.05, 3.63) is 146 Å². The number of hydrogen-bond donors (Lipinski definition) is 0. The van der Waals surface area contributed by atoms with Crippen LogP contribution in [0.4, 0.5) is 0 Å². The normalized spacial score (nSPS) is 12.1. The monoisotopic (exact) mass is 560 g/mol. The van der Waals surface area contributed by atoms with Crippen LogP contribution in [0.2, 0.25) is 0 Å². The van der Waals surface area contributed by atoms with Crippen LogP contribution in [0.15, 0.2) is 146 Å². The van der Waals surface area contributed by atoms with E-state index < -0.39 is 0 Å². The summed E-state index contributed by atoms with van der Waals surface area (Å²) < 4.78 is 4.65. The van der Waals surface area contributed by atoms with Gasteiger partial charge >= 0.3 is 0 Å². The Morgan fingerprint density at radius 1 is 0.409 bits per heavy atom. The summed E-state index contributed by atoms with van der Waals surface area (Å²) in [5.74, 6) is 0.881. The fourth-order valence-corrected chi connectivity index (χ4v) is 7.38. The molecule has 0 aliphatic heterocycles. The molecule has 6 aromatic carbocycles. The summed E-state index contributed by atoms with van der Waals surface area (Å²) in [7, 11) is 0. The number of aromatic nitrogens is 4. The van der Waals surface area contributed by atoms with Gasteiger partial charge in [-0.05, 0) is 58.6 Å². The molecule has 0 spiro atoms. The SMILES string of the molecule is c1ccc2c(c1)ccc1c2c2ccccc2n1-c1ccc(-n2c3ccccc3c3c4ccccc4c4ncccc4c32)nc1. The highest BCUT2D eigenvalue weighted by Gasteiger charge is 2.20. The summed E-state index contributed by atoms with van der Waals surface area (Å²) in [6.45, 7) is 0. The van der Waals surface area contributed by atoms with E-state index in [4.69, 9.17) is 9.97 Å². The van der Waals surface area contributed by atoms with Crippen LogP contribution >= 0.6 is 0 Å². The minimum atomic E-state index is 0.881. The lowest BCUT2D eigenvalue weighted by atomic mass is 10.00. The van der Waals surface area contributed by atoms with Gasteiger partial charge in [0.15, 0.2) is 0 Å². The van der Waals surface area contributed by atoms with Gasteiger partial charge in [0, 0.05) is 38.5 Å². The highest BCUT2D eigenvalue weighted by molar-refractivity contribution is 6.31. The highest BCUT2D eigenvalue weighted by Crippen LogP contribution is 2.42. The number of benzene rings is 6. The lowest BCUT2D eigenvalue weighted by Crippen LogP contribution is -2.00. The Morgan fingerprint density at radius 2 is 1.07 bits per heavy atom. The third-order valence-electron chi connectivity index (χ3n) is 9.17.